The largest absolute Gasteiger partial charge is 0.383 e. The standard InChI is InChI=1S/C20H20FN5O4/c1-11(9-28-2)26-16-12(21)5-3-6-13(16)25-10-22-15(17(25)20(26)27)18-23-19(30-24-18)14-7-4-8-29-14/h3,5-6,10-11,14H,4,7-9H2,1-2H3. The molecule has 2 atom stereocenters. The molecular formula is C20H20FN5O4. The zero-order valence-corrected chi connectivity index (χ0v) is 16.5. The van der Waals surface area contributed by atoms with Gasteiger partial charge in [0.15, 0.2) is 0 Å². The lowest BCUT2D eigenvalue weighted by Crippen LogP contribution is -2.28. The van der Waals surface area contributed by atoms with Gasteiger partial charge in [-0.15, -0.1) is 0 Å². The summed E-state index contributed by atoms with van der Waals surface area (Å²) in [7, 11) is 1.54. The van der Waals surface area contributed by atoms with Gasteiger partial charge in [-0.3, -0.25) is 13.8 Å². The van der Waals surface area contributed by atoms with E-state index in [0.29, 0.717) is 18.0 Å². The molecule has 9 nitrogen and oxygen atoms in total. The fraction of sp³-hybridized carbons (Fsp3) is 0.400. The molecule has 1 fully saturated rings. The third-order valence-electron chi connectivity index (χ3n) is 5.36. The second kappa shape index (κ2) is 7.29. The summed E-state index contributed by atoms with van der Waals surface area (Å²) in [4.78, 5) is 22.3. The molecule has 0 saturated carbocycles. The van der Waals surface area contributed by atoms with Crippen molar-refractivity contribution in [3.05, 3.63) is 46.6 Å². The molecule has 5 rings (SSSR count). The van der Waals surface area contributed by atoms with E-state index in [1.165, 1.54) is 24.1 Å². The average Bonchev–Trinajstić information content (AvgIpc) is 3.48. The molecule has 10 heteroatoms. The van der Waals surface area contributed by atoms with Gasteiger partial charge in [-0.05, 0) is 31.9 Å². The SMILES string of the molecule is COCC(C)n1c(=O)c2c(-c3noc(C4CCCO4)n3)ncn2c2cccc(F)c21. The highest BCUT2D eigenvalue weighted by Crippen LogP contribution is 2.30. The Kier molecular flexibility index (Phi) is 4.59. The molecule has 0 bridgehead atoms. The number of rotatable bonds is 5. The van der Waals surface area contributed by atoms with Crippen molar-refractivity contribution in [2.24, 2.45) is 0 Å². The Bertz CT molecular complexity index is 1290. The van der Waals surface area contributed by atoms with Crippen molar-refractivity contribution in [1.29, 1.82) is 0 Å². The molecule has 1 aromatic carbocycles. The van der Waals surface area contributed by atoms with Crippen LogP contribution in [0.2, 0.25) is 0 Å². The lowest BCUT2D eigenvalue weighted by Gasteiger charge is -2.18. The number of hydrogen-bond acceptors (Lipinski definition) is 7. The highest BCUT2D eigenvalue weighted by Gasteiger charge is 2.27. The normalized spacial score (nSPS) is 17.9. The van der Waals surface area contributed by atoms with Gasteiger partial charge in [0, 0.05) is 13.7 Å². The fourth-order valence-electron chi connectivity index (χ4n) is 4.02. The van der Waals surface area contributed by atoms with Gasteiger partial charge < -0.3 is 14.0 Å². The molecule has 0 aliphatic carbocycles. The predicted molar refractivity (Wildman–Crippen MR) is 105 cm³/mol. The highest BCUT2D eigenvalue weighted by molar-refractivity contribution is 5.84. The Balaban J connectivity index is 1.76. The number of methoxy groups -OCH3 is 1. The molecule has 156 valence electrons. The van der Waals surface area contributed by atoms with E-state index in [0.717, 1.165) is 12.8 Å². The van der Waals surface area contributed by atoms with Crippen molar-refractivity contribution >= 4 is 16.6 Å². The van der Waals surface area contributed by atoms with Crippen LogP contribution in [0.1, 0.15) is 37.8 Å². The number of hydrogen-bond donors (Lipinski definition) is 0. The number of aromatic nitrogens is 5. The molecule has 1 saturated heterocycles. The van der Waals surface area contributed by atoms with Gasteiger partial charge in [-0.25, -0.2) is 9.37 Å². The quantitative estimate of drug-likeness (QED) is 0.496. The van der Waals surface area contributed by atoms with Crippen molar-refractivity contribution in [3.8, 4) is 11.5 Å². The van der Waals surface area contributed by atoms with Crippen LogP contribution in [0.4, 0.5) is 4.39 Å². The summed E-state index contributed by atoms with van der Waals surface area (Å²) in [5.74, 6) is 0.0651. The van der Waals surface area contributed by atoms with Crippen LogP contribution in [0.15, 0.2) is 33.8 Å². The summed E-state index contributed by atoms with van der Waals surface area (Å²) >= 11 is 0. The molecule has 0 N–H and O–H groups in total. The van der Waals surface area contributed by atoms with E-state index in [2.05, 4.69) is 15.1 Å². The Hall–Kier alpha value is -3.11. The minimum atomic E-state index is -0.495. The smallest absolute Gasteiger partial charge is 0.278 e. The van der Waals surface area contributed by atoms with Crippen molar-refractivity contribution < 1.29 is 18.4 Å². The van der Waals surface area contributed by atoms with E-state index < -0.39 is 17.4 Å². The highest BCUT2D eigenvalue weighted by atomic mass is 19.1. The van der Waals surface area contributed by atoms with Gasteiger partial charge >= 0.3 is 0 Å². The summed E-state index contributed by atoms with van der Waals surface area (Å²) in [6.07, 6.45) is 2.96. The van der Waals surface area contributed by atoms with Gasteiger partial charge in [0.25, 0.3) is 11.4 Å². The first-order chi connectivity index (χ1) is 14.6. The van der Waals surface area contributed by atoms with Crippen LogP contribution in [-0.2, 0) is 9.47 Å². The van der Waals surface area contributed by atoms with Gasteiger partial charge in [0.1, 0.15) is 35.0 Å². The van der Waals surface area contributed by atoms with Crippen molar-refractivity contribution in [2.45, 2.75) is 31.9 Å². The molecule has 0 radical (unpaired) electrons. The molecule has 4 heterocycles. The molecule has 3 aromatic heterocycles. The van der Waals surface area contributed by atoms with Gasteiger partial charge in [-0.1, -0.05) is 11.2 Å². The van der Waals surface area contributed by atoms with E-state index in [-0.39, 0.29) is 35.3 Å². The van der Waals surface area contributed by atoms with E-state index in [1.807, 2.05) is 0 Å². The molecule has 4 aromatic rings. The maximum Gasteiger partial charge on any atom is 0.278 e. The Morgan fingerprint density at radius 3 is 3.00 bits per heavy atom. The zero-order chi connectivity index (χ0) is 20.8. The number of imidazole rings is 1. The van der Waals surface area contributed by atoms with Crippen LogP contribution >= 0.6 is 0 Å². The molecule has 0 spiro atoms. The zero-order valence-electron chi connectivity index (χ0n) is 16.5. The van der Waals surface area contributed by atoms with Crippen LogP contribution in [0, 0.1) is 5.82 Å². The first-order valence-electron chi connectivity index (χ1n) is 9.74. The van der Waals surface area contributed by atoms with E-state index in [9.17, 15) is 9.18 Å². The fourth-order valence-corrected chi connectivity index (χ4v) is 4.02. The second-order valence-electron chi connectivity index (χ2n) is 7.36. The topological polar surface area (TPSA) is 96.7 Å². The Morgan fingerprint density at radius 1 is 1.37 bits per heavy atom. The Morgan fingerprint density at radius 2 is 2.23 bits per heavy atom. The average molecular weight is 413 g/mol. The molecule has 0 amide bonds. The van der Waals surface area contributed by atoms with E-state index >= 15 is 0 Å². The van der Waals surface area contributed by atoms with Gasteiger partial charge in [0.2, 0.25) is 5.82 Å². The van der Waals surface area contributed by atoms with E-state index in [4.69, 9.17) is 14.0 Å². The number of ether oxygens (including phenoxy) is 2. The number of para-hydroxylation sites is 1. The third-order valence-corrected chi connectivity index (χ3v) is 5.36. The Labute approximate surface area is 170 Å². The monoisotopic (exact) mass is 413 g/mol. The summed E-state index contributed by atoms with van der Waals surface area (Å²) in [6, 6.07) is 4.26. The van der Waals surface area contributed by atoms with Gasteiger partial charge in [-0.2, -0.15) is 4.98 Å². The molecule has 1 aliphatic heterocycles. The molecular weight excluding hydrogens is 393 g/mol. The summed E-state index contributed by atoms with van der Waals surface area (Å²) in [6.45, 7) is 2.69. The van der Waals surface area contributed by atoms with Crippen LogP contribution in [0.25, 0.3) is 28.1 Å². The third kappa shape index (κ3) is 2.83. The van der Waals surface area contributed by atoms with Gasteiger partial charge in [0.05, 0.1) is 18.2 Å². The first kappa shape index (κ1) is 18.9. The second-order valence-corrected chi connectivity index (χ2v) is 7.36. The molecule has 30 heavy (non-hydrogen) atoms. The molecule has 2 unspecified atom stereocenters. The number of nitrogens with zero attached hydrogens (tertiary/aromatic N) is 5. The summed E-state index contributed by atoms with van der Waals surface area (Å²) in [5.41, 5.74) is 0.812. The maximum absolute atomic E-state index is 14.8. The maximum atomic E-state index is 14.8. The van der Waals surface area contributed by atoms with E-state index in [1.54, 1.807) is 23.5 Å². The number of halogens is 1. The van der Waals surface area contributed by atoms with Crippen LogP contribution < -0.4 is 5.56 Å². The lowest BCUT2D eigenvalue weighted by atomic mass is 10.2. The number of benzene rings is 1. The summed E-state index contributed by atoms with van der Waals surface area (Å²) < 4.78 is 33.9. The van der Waals surface area contributed by atoms with Crippen molar-refractivity contribution in [1.82, 2.24) is 24.1 Å². The van der Waals surface area contributed by atoms with Crippen LogP contribution in [-0.4, -0.2) is 44.4 Å². The van der Waals surface area contributed by atoms with Crippen molar-refractivity contribution in [3.63, 3.8) is 0 Å². The lowest BCUT2D eigenvalue weighted by molar-refractivity contribution is 0.0835. The minimum absolute atomic E-state index is 0.191. The minimum Gasteiger partial charge on any atom is -0.383 e. The summed E-state index contributed by atoms with van der Waals surface area (Å²) in [5, 5.41) is 4.01. The number of fused-ring (bicyclic) bond motifs is 3. The first-order valence-corrected chi connectivity index (χ1v) is 9.74. The van der Waals surface area contributed by atoms with Crippen LogP contribution in [0.5, 0.6) is 0 Å². The molecule has 1 aliphatic rings. The van der Waals surface area contributed by atoms with Crippen molar-refractivity contribution in [2.75, 3.05) is 20.3 Å². The predicted octanol–water partition coefficient (Wildman–Crippen LogP) is 2.90. The van der Waals surface area contributed by atoms with Crippen LogP contribution in [0.3, 0.4) is 0 Å².